The molecule has 0 aliphatic carbocycles. The Morgan fingerprint density at radius 3 is 2.79 bits per heavy atom. The highest BCUT2D eigenvalue weighted by Crippen LogP contribution is 2.17. The average Bonchev–Trinajstić information content (AvgIpc) is 2.39. The Balaban J connectivity index is 0.00000324. The van der Waals surface area contributed by atoms with Crippen molar-refractivity contribution in [2.24, 2.45) is 10.9 Å². The van der Waals surface area contributed by atoms with Gasteiger partial charge in [-0.05, 0) is 39.2 Å². The fourth-order valence-corrected chi connectivity index (χ4v) is 2.36. The Labute approximate surface area is 135 Å². The number of guanidine groups is 1. The van der Waals surface area contributed by atoms with Crippen LogP contribution in [0.3, 0.4) is 0 Å². The van der Waals surface area contributed by atoms with Crippen molar-refractivity contribution in [3.8, 4) is 0 Å². The second kappa shape index (κ2) is 10.5. The second-order valence-corrected chi connectivity index (χ2v) is 5.22. The van der Waals surface area contributed by atoms with Crippen molar-refractivity contribution >= 4 is 29.9 Å². The van der Waals surface area contributed by atoms with Gasteiger partial charge in [0.1, 0.15) is 0 Å². The summed E-state index contributed by atoms with van der Waals surface area (Å²) in [5, 5.41) is 6.60. The van der Waals surface area contributed by atoms with Crippen molar-refractivity contribution in [3.63, 3.8) is 0 Å². The molecular weight excluding hydrogens is 351 g/mol. The first-order valence-corrected chi connectivity index (χ1v) is 6.96. The minimum absolute atomic E-state index is 0. The first kappa shape index (κ1) is 18.7. The van der Waals surface area contributed by atoms with Gasteiger partial charge in [-0.2, -0.15) is 0 Å². The lowest BCUT2D eigenvalue weighted by molar-refractivity contribution is 0.141. The van der Waals surface area contributed by atoms with Gasteiger partial charge in [-0.15, -0.1) is 30.6 Å². The van der Waals surface area contributed by atoms with Crippen LogP contribution in [0, 0.1) is 5.92 Å². The Kier molecular flexibility index (Phi) is 10.3. The van der Waals surface area contributed by atoms with Crippen molar-refractivity contribution in [2.45, 2.75) is 32.7 Å². The van der Waals surface area contributed by atoms with E-state index in [1.165, 1.54) is 25.9 Å². The van der Waals surface area contributed by atoms with Gasteiger partial charge in [-0.1, -0.05) is 6.08 Å². The van der Waals surface area contributed by atoms with Crippen LogP contribution in [0.4, 0.5) is 0 Å². The maximum atomic E-state index is 4.20. The highest BCUT2D eigenvalue weighted by molar-refractivity contribution is 14.0. The summed E-state index contributed by atoms with van der Waals surface area (Å²) < 4.78 is 0. The zero-order valence-electron chi connectivity index (χ0n) is 12.5. The van der Waals surface area contributed by atoms with E-state index in [9.17, 15) is 0 Å². The van der Waals surface area contributed by atoms with Crippen LogP contribution in [0.15, 0.2) is 17.6 Å². The first-order valence-electron chi connectivity index (χ1n) is 6.96. The normalized spacial score (nSPS) is 20.8. The van der Waals surface area contributed by atoms with Crippen molar-refractivity contribution in [3.05, 3.63) is 12.7 Å². The van der Waals surface area contributed by atoms with Crippen molar-refractivity contribution in [1.82, 2.24) is 15.5 Å². The lowest BCUT2D eigenvalue weighted by Crippen LogP contribution is -2.46. The molecule has 0 aromatic carbocycles. The van der Waals surface area contributed by atoms with Gasteiger partial charge in [0, 0.05) is 32.7 Å². The van der Waals surface area contributed by atoms with Crippen LogP contribution in [0.25, 0.3) is 0 Å². The Morgan fingerprint density at radius 2 is 2.21 bits per heavy atom. The van der Waals surface area contributed by atoms with Gasteiger partial charge in [0.2, 0.25) is 0 Å². The van der Waals surface area contributed by atoms with Crippen molar-refractivity contribution in [1.29, 1.82) is 0 Å². The lowest BCUT2D eigenvalue weighted by atomic mass is 9.97. The van der Waals surface area contributed by atoms with Crippen LogP contribution in [-0.2, 0) is 0 Å². The van der Waals surface area contributed by atoms with Gasteiger partial charge in [-0.25, -0.2) is 0 Å². The number of aliphatic imine (C=N–C) groups is 1. The number of nitrogens with zero attached hydrogens (tertiary/aromatic N) is 2. The fraction of sp³-hybridized carbons (Fsp3) is 0.786. The van der Waals surface area contributed by atoms with Crippen LogP contribution in [0.1, 0.15) is 26.7 Å². The SMILES string of the molecule is C=CCNC(=NC)NCC1CCCN(C(C)C)C1.I. The van der Waals surface area contributed by atoms with Gasteiger partial charge in [0.05, 0.1) is 0 Å². The van der Waals surface area contributed by atoms with Crippen LogP contribution >= 0.6 is 24.0 Å². The number of halogens is 1. The molecule has 1 unspecified atom stereocenters. The summed E-state index contributed by atoms with van der Waals surface area (Å²) in [6.07, 6.45) is 4.46. The third-order valence-electron chi connectivity index (χ3n) is 3.48. The minimum Gasteiger partial charge on any atom is -0.356 e. The predicted octanol–water partition coefficient (Wildman–Crippen LogP) is 2.08. The van der Waals surface area contributed by atoms with Gasteiger partial charge in [0.15, 0.2) is 5.96 Å². The van der Waals surface area contributed by atoms with E-state index in [0.29, 0.717) is 6.04 Å². The van der Waals surface area contributed by atoms with Gasteiger partial charge in [0.25, 0.3) is 0 Å². The summed E-state index contributed by atoms with van der Waals surface area (Å²) in [7, 11) is 1.81. The lowest BCUT2D eigenvalue weighted by Gasteiger charge is -2.35. The van der Waals surface area contributed by atoms with Crippen LogP contribution in [0.5, 0.6) is 0 Å². The zero-order valence-corrected chi connectivity index (χ0v) is 14.8. The zero-order chi connectivity index (χ0) is 13.4. The van der Waals surface area contributed by atoms with Gasteiger partial charge in [-0.3, -0.25) is 4.99 Å². The maximum absolute atomic E-state index is 4.20. The van der Waals surface area contributed by atoms with Crippen molar-refractivity contribution in [2.75, 3.05) is 33.2 Å². The second-order valence-electron chi connectivity index (χ2n) is 5.22. The van der Waals surface area contributed by atoms with Gasteiger partial charge >= 0.3 is 0 Å². The number of hydrogen-bond donors (Lipinski definition) is 2. The van der Waals surface area contributed by atoms with E-state index < -0.39 is 0 Å². The molecule has 0 bridgehead atoms. The molecular formula is C14H29IN4. The van der Waals surface area contributed by atoms with E-state index in [1.807, 2.05) is 6.08 Å². The van der Waals surface area contributed by atoms with E-state index in [0.717, 1.165) is 25.0 Å². The highest BCUT2D eigenvalue weighted by Gasteiger charge is 2.21. The molecule has 1 rings (SSSR count). The number of likely N-dealkylation sites (tertiary alicyclic amines) is 1. The molecule has 1 aliphatic rings. The monoisotopic (exact) mass is 380 g/mol. The molecule has 1 heterocycles. The van der Waals surface area contributed by atoms with Crippen molar-refractivity contribution < 1.29 is 0 Å². The Bertz CT molecular complexity index is 279. The quantitative estimate of drug-likeness (QED) is 0.332. The molecule has 1 atom stereocenters. The molecule has 0 aromatic heterocycles. The summed E-state index contributed by atoms with van der Waals surface area (Å²) in [5.74, 6) is 1.60. The smallest absolute Gasteiger partial charge is 0.191 e. The van der Waals surface area contributed by atoms with Crippen LogP contribution in [0.2, 0.25) is 0 Å². The number of hydrogen-bond acceptors (Lipinski definition) is 2. The highest BCUT2D eigenvalue weighted by atomic mass is 127. The first-order chi connectivity index (χ1) is 8.67. The minimum atomic E-state index is 0. The molecule has 0 amide bonds. The molecule has 5 heteroatoms. The Morgan fingerprint density at radius 1 is 1.47 bits per heavy atom. The molecule has 0 aromatic rings. The molecule has 0 spiro atoms. The molecule has 0 radical (unpaired) electrons. The van der Waals surface area contributed by atoms with Crippen LogP contribution < -0.4 is 10.6 Å². The standard InChI is InChI=1S/C14H28N4.HI/c1-5-8-16-14(15-4)17-10-13-7-6-9-18(11-13)12(2)3;/h5,12-13H,1,6-11H2,2-4H3,(H2,15,16,17);1H. The average molecular weight is 380 g/mol. The molecule has 112 valence electrons. The van der Waals surface area contributed by atoms with Gasteiger partial charge < -0.3 is 15.5 Å². The summed E-state index contributed by atoms with van der Waals surface area (Å²) >= 11 is 0. The number of nitrogens with one attached hydrogen (secondary N) is 2. The molecule has 2 N–H and O–H groups in total. The molecule has 4 nitrogen and oxygen atoms in total. The summed E-state index contributed by atoms with van der Waals surface area (Å²) in [6.45, 7) is 12.4. The van der Waals surface area contributed by atoms with E-state index >= 15 is 0 Å². The summed E-state index contributed by atoms with van der Waals surface area (Å²) in [6, 6.07) is 0.658. The van der Waals surface area contributed by atoms with Crippen LogP contribution in [-0.4, -0.2) is 50.1 Å². The molecule has 0 saturated carbocycles. The van der Waals surface area contributed by atoms with E-state index in [-0.39, 0.29) is 24.0 Å². The molecule has 1 fully saturated rings. The molecule has 1 saturated heterocycles. The number of piperidine rings is 1. The predicted molar refractivity (Wildman–Crippen MR) is 94.4 cm³/mol. The molecule has 1 aliphatic heterocycles. The van der Waals surface area contributed by atoms with E-state index in [2.05, 4.69) is 41.0 Å². The molecule has 19 heavy (non-hydrogen) atoms. The third-order valence-corrected chi connectivity index (χ3v) is 3.48. The fourth-order valence-electron chi connectivity index (χ4n) is 2.36. The summed E-state index contributed by atoms with van der Waals surface area (Å²) in [5.41, 5.74) is 0. The Hall–Kier alpha value is -0.300. The largest absolute Gasteiger partial charge is 0.356 e. The topological polar surface area (TPSA) is 39.7 Å². The van der Waals surface area contributed by atoms with E-state index in [1.54, 1.807) is 7.05 Å². The third kappa shape index (κ3) is 7.15. The summed E-state index contributed by atoms with van der Waals surface area (Å²) in [4.78, 5) is 6.76. The van der Waals surface area contributed by atoms with E-state index in [4.69, 9.17) is 0 Å². The maximum Gasteiger partial charge on any atom is 0.191 e. The number of rotatable bonds is 5.